The summed E-state index contributed by atoms with van der Waals surface area (Å²) in [6, 6.07) is 0. The van der Waals surface area contributed by atoms with Crippen LogP contribution in [0.4, 0.5) is 0 Å². The Labute approximate surface area is 122 Å². The molecule has 0 N–H and O–H groups in total. The highest BCUT2D eigenvalue weighted by Crippen LogP contribution is 2.00. The van der Waals surface area contributed by atoms with Crippen LogP contribution in [0, 0.1) is 0 Å². The van der Waals surface area contributed by atoms with Crippen molar-refractivity contribution in [2.75, 3.05) is 40.3 Å². The molecule has 0 saturated carbocycles. The van der Waals surface area contributed by atoms with Crippen LogP contribution in [0.3, 0.4) is 0 Å². The summed E-state index contributed by atoms with van der Waals surface area (Å²) in [7, 11) is 4.35. The van der Waals surface area contributed by atoms with Crippen molar-refractivity contribution in [3.8, 4) is 0 Å². The summed E-state index contributed by atoms with van der Waals surface area (Å²) in [5.41, 5.74) is 0. The van der Waals surface area contributed by atoms with Gasteiger partial charge in [0, 0.05) is 26.2 Å². The summed E-state index contributed by atoms with van der Waals surface area (Å²) in [5.74, 6) is 0. The third kappa shape index (κ3) is 15.3. The summed E-state index contributed by atoms with van der Waals surface area (Å²) in [5, 5.41) is 0. The average molecular weight is 268 g/mol. The SMILES string of the molecule is C1=CCCC=CC1.CC.CC.CN1CCN(C)CC1. The topological polar surface area (TPSA) is 6.48 Å². The molecule has 1 aliphatic heterocycles. The number of hydrogen-bond donors (Lipinski definition) is 0. The van der Waals surface area contributed by atoms with Crippen molar-refractivity contribution in [2.24, 2.45) is 0 Å². The monoisotopic (exact) mass is 268 g/mol. The van der Waals surface area contributed by atoms with Crippen molar-refractivity contribution in [1.82, 2.24) is 9.80 Å². The fourth-order valence-corrected chi connectivity index (χ4v) is 1.61. The smallest absolute Gasteiger partial charge is 0.0107 e. The molecule has 0 unspecified atom stereocenters. The van der Waals surface area contributed by atoms with E-state index >= 15 is 0 Å². The van der Waals surface area contributed by atoms with Crippen molar-refractivity contribution in [3.63, 3.8) is 0 Å². The molecular weight excluding hydrogens is 232 g/mol. The molecule has 2 heteroatoms. The first-order chi connectivity index (χ1) is 9.29. The zero-order valence-electron chi connectivity index (χ0n) is 14.2. The van der Waals surface area contributed by atoms with E-state index in [9.17, 15) is 0 Å². The van der Waals surface area contributed by atoms with Crippen LogP contribution in [0.1, 0.15) is 47.0 Å². The quantitative estimate of drug-likeness (QED) is 0.608. The number of rotatable bonds is 0. The van der Waals surface area contributed by atoms with E-state index in [4.69, 9.17) is 0 Å². The molecule has 2 rings (SSSR count). The predicted molar refractivity (Wildman–Crippen MR) is 89.8 cm³/mol. The molecular formula is C17H36N2. The molecule has 1 heterocycles. The van der Waals surface area contributed by atoms with Crippen LogP contribution in [0.5, 0.6) is 0 Å². The minimum absolute atomic E-state index is 1.14. The Kier molecular flexibility index (Phi) is 19.0. The van der Waals surface area contributed by atoms with Crippen molar-refractivity contribution >= 4 is 0 Å². The molecule has 0 spiro atoms. The van der Waals surface area contributed by atoms with E-state index in [2.05, 4.69) is 48.2 Å². The largest absolute Gasteiger partial charge is 0.304 e. The Balaban J connectivity index is 0. The maximum absolute atomic E-state index is 2.36. The van der Waals surface area contributed by atoms with Crippen molar-refractivity contribution in [1.29, 1.82) is 0 Å². The van der Waals surface area contributed by atoms with Crippen LogP contribution in [-0.4, -0.2) is 50.1 Å². The molecule has 19 heavy (non-hydrogen) atoms. The molecule has 114 valence electrons. The van der Waals surface area contributed by atoms with E-state index in [1.54, 1.807) is 0 Å². The lowest BCUT2D eigenvalue weighted by atomic mass is 10.3. The van der Waals surface area contributed by atoms with Gasteiger partial charge in [0.1, 0.15) is 0 Å². The second-order valence-corrected chi connectivity index (χ2v) is 4.36. The molecule has 2 nitrogen and oxygen atoms in total. The lowest BCUT2D eigenvalue weighted by Crippen LogP contribution is -2.42. The van der Waals surface area contributed by atoms with E-state index in [0.29, 0.717) is 0 Å². The maximum atomic E-state index is 2.36. The maximum Gasteiger partial charge on any atom is 0.0107 e. The Morgan fingerprint density at radius 1 is 0.579 bits per heavy atom. The summed E-state index contributed by atoms with van der Waals surface area (Å²) in [6.07, 6.45) is 12.5. The van der Waals surface area contributed by atoms with Gasteiger partial charge in [-0.3, -0.25) is 0 Å². The molecule has 0 amide bonds. The zero-order chi connectivity index (χ0) is 14.9. The van der Waals surface area contributed by atoms with Crippen molar-refractivity contribution < 1.29 is 0 Å². The predicted octanol–water partition coefficient (Wildman–Crippen LogP) is 4.20. The third-order valence-corrected chi connectivity index (χ3v) is 2.83. The highest BCUT2D eigenvalue weighted by atomic mass is 15.2. The van der Waals surface area contributed by atoms with Crippen LogP contribution >= 0.6 is 0 Å². The lowest BCUT2D eigenvalue weighted by molar-refractivity contribution is 0.181. The fraction of sp³-hybridized carbons (Fsp3) is 0.765. The first-order valence-electron chi connectivity index (χ1n) is 7.96. The molecule has 0 aromatic heterocycles. The van der Waals surface area contributed by atoms with E-state index < -0.39 is 0 Å². The Hall–Kier alpha value is -0.600. The zero-order valence-corrected chi connectivity index (χ0v) is 14.2. The normalized spacial score (nSPS) is 18.8. The summed E-state index contributed by atoms with van der Waals surface area (Å²) in [4.78, 5) is 4.72. The van der Waals surface area contributed by atoms with Gasteiger partial charge in [0.25, 0.3) is 0 Å². The van der Waals surface area contributed by atoms with E-state index in [1.165, 1.54) is 39.0 Å². The fourth-order valence-electron chi connectivity index (χ4n) is 1.61. The van der Waals surface area contributed by atoms with E-state index in [0.717, 1.165) is 6.42 Å². The van der Waals surface area contributed by atoms with Crippen LogP contribution in [-0.2, 0) is 0 Å². The second kappa shape index (κ2) is 17.4. The Morgan fingerprint density at radius 3 is 1.21 bits per heavy atom. The lowest BCUT2D eigenvalue weighted by Gasteiger charge is -2.28. The van der Waals surface area contributed by atoms with Crippen LogP contribution in [0.15, 0.2) is 24.3 Å². The van der Waals surface area contributed by atoms with Crippen molar-refractivity contribution in [2.45, 2.75) is 47.0 Å². The van der Waals surface area contributed by atoms with Gasteiger partial charge >= 0.3 is 0 Å². The minimum atomic E-state index is 1.14. The molecule has 2 aliphatic rings. The van der Waals surface area contributed by atoms with Gasteiger partial charge in [-0.1, -0.05) is 52.0 Å². The van der Waals surface area contributed by atoms with Crippen LogP contribution < -0.4 is 0 Å². The Morgan fingerprint density at radius 2 is 0.895 bits per heavy atom. The first kappa shape index (κ1) is 20.7. The van der Waals surface area contributed by atoms with Gasteiger partial charge in [0.05, 0.1) is 0 Å². The minimum Gasteiger partial charge on any atom is -0.304 e. The highest BCUT2D eigenvalue weighted by Gasteiger charge is 2.07. The third-order valence-electron chi connectivity index (χ3n) is 2.83. The standard InChI is InChI=1S/C7H10.C6H14N2.2C2H6/c1-2-4-6-7-5-3-1;1-7-3-5-8(2)6-4-7;2*1-2/h1-2,5,7H,3-4,6H2;3-6H2,1-2H3;2*1-2H3. The van der Waals surface area contributed by atoms with Gasteiger partial charge in [-0.2, -0.15) is 0 Å². The molecule has 0 aromatic carbocycles. The summed E-state index contributed by atoms with van der Waals surface area (Å²) in [6.45, 7) is 12.9. The van der Waals surface area contributed by atoms with Crippen LogP contribution in [0.2, 0.25) is 0 Å². The molecule has 0 atom stereocenters. The van der Waals surface area contributed by atoms with Gasteiger partial charge in [0.2, 0.25) is 0 Å². The number of hydrogen-bond acceptors (Lipinski definition) is 2. The number of nitrogens with zero attached hydrogens (tertiary/aromatic N) is 2. The van der Waals surface area contributed by atoms with Gasteiger partial charge in [-0.05, 0) is 33.4 Å². The van der Waals surface area contributed by atoms with Gasteiger partial charge in [-0.15, -0.1) is 0 Å². The molecule has 0 aromatic rings. The number of piperazine rings is 1. The molecule has 1 saturated heterocycles. The summed E-state index contributed by atoms with van der Waals surface area (Å²) < 4.78 is 0. The average Bonchev–Trinajstić information content (AvgIpc) is 2.80. The number of likely N-dealkylation sites (N-methyl/N-ethyl adjacent to an activating group) is 2. The summed E-state index contributed by atoms with van der Waals surface area (Å²) >= 11 is 0. The van der Waals surface area contributed by atoms with Gasteiger partial charge in [0.15, 0.2) is 0 Å². The second-order valence-electron chi connectivity index (χ2n) is 4.36. The molecule has 1 aliphatic carbocycles. The van der Waals surface area contributed by atoms with E-state index in [1.807, 2.05) is 27.7 Å². The number of allylic oxidation sites excluding steroid dienone is 4. The highest BCUT2D eigenvalue weighted by molar-refractivity contribution is 4.97. The van der Waals surface area contributed by atoms with Gasteiger partial charge < -0.3 is 9.80 Å². The molecule has 0 bridgehead atoms. The van der Waals surface area contributed by atoms with Crippen molar-refractivity contribution in [3.05, 3.63) is 24.3 Å². The van der Waals surface area contributed by atoms with Crippen LogP contribution in [0.25, 0.3) is 0 Å². The van der Waals surface area contributed by atoms with Gasteiger partial charge in [-0.25, -0.2) is 0 Å². The molecule has 1 fully saturated rings. The Bertz CT molecular complexity index is 179. The molecule has 0 radical (unpaired) electrons. The van der Waals surface area contributed by atoms with E-state index in [-0.39, 0.29) is 0 Å². The first-order valence-corrected chi connectivity index (χ1v) is 7.96.